The zero-order valence-electron chi connectivity index (χ0n) is 15.5. The lowest BCUT2D eigenvalue weighted by atomic mass is 10.1. The standard InChI is InChI=1S/C23H20N4O/c1-2-16-8-10-18(11-9-16)26-19-12-13-21(25-15-19)23(28)27-20-7-3-5-17-6-4-14-24-22(17)20/h3-15,26H,2H2,1H3,(H,27,28). The van der Waals surface area contributed by atoms with Gasteiger partial charge in [-0.15, -0.1) is 0 Å². The monoisotopic (exact) mass is 368 g/mol. The summed E-state index contributed by atoms with van der Waals surface area (Å²) in [7, 11) is 0. The largest absolute Gasteiger partial charge is 0.354 e. The van der Waals surface area contributed by atoms with Crippen LogP contribution in [0, 0.1) is 0 Å². The number of carbonyl (C=O) groups excluding carboxylic acids is 1. The van der Waals surface area contributed by atoms with Crippen LogP contribution in [0.1, 0.15) is 23.0 Å². The van der Waals surface area contributed by atoms with E-state index in [-0.39, 0.29) is 5.91 Å². The molecule has 138 valence electrons. The molecule has 0 atom stereocenters. The van der Waals surface area contributed by atoms with E-state index in [0.717, 1.165) is 28.7 Å². The minimum Gasteiger partial charge on any atom is -0.354 e. The average molecular weight is 368 g/mol. The van der Waals surface area contributed by atoms with Crippen molar-refractivity contribution in [2.45, 2.75) is 13.3 Å². The fourth-order valence-corrected chi connectivity index (χ4v) is 2.98. The molecule has 2 heterocycles. The van der Waals surface area contributed by atoms with E-state index in [9.17, 15) is 4.79 Å². The summed E-state index contributed by atoms with van der Waals surface area (Å²) in [6.45, 7) is 2.13. The van der Waals surface area contributed by atoms with Crippen molar-refractivity contribution in [3.8, 4) is 0 Å². The third-order valence-electron chi connectivity index (χ3n) is 4.53. The SMILES string of the molecule is CCc1ccc(Nc2ccc(C(=O)Nc3cccc4cccnc34)nc2)cc1. The molecular formula is C23H20N4O. The summed E-state index contributed by atoms with van der Waals surface area (Å²) < 4.78 is 0. The van der Waals surface area contributed by atoms with Gasteiger partial charge in [0.1, 0.15) is 5.69 Å². The van der Waals surface area contributed by atoms with Crippen LogP contribution in [0.2, 0.25) is 0 Å². The van der Waals surface area contributed by atoms with Gasteiger partial charge in [0.2, 0.25) is 0 Å². The van der Waals surface area contributed by atoms with Crippen molar-refractivity contribution < 1.29 is 4.79 Å². The lowest BCUT2D eigenvalue weighted by Gasteiger charge is -2.09. The zero-order valence-corrected chi connectivity index (χ0v) is 15.5. The van der Waals surface area contributed by atoms with E-state index in [1.54, 1.807) is 18.5 Å². The Morgan fingerprint density at radius 1 is 0.893 bits per heavy atom. The number of anilines is 3. The Hall–Kier alpha value is -3.73. The van der Waals surface area contributed by atoms with E-state index in [0.29, 0.717) is 11.4 Å². The van der Waals surface area contributed by atoms with Gasteiger partial charge >= 0.3 is 0 Å². The molecule has 5 nitrogen and oxygen atoms in total. The van der Waals surface area contributed by atoms with Crippen LogP contribution in [0.4, 0.5) is 17.1 Å². The topological polar surface area (TPSA) is 66.9 Å². The number of nitrogens with zero attached hydrogens (tertiary/aromatic N) is 2. The summed E-state index contributed by atoms with van der Waals surface area (Å²) in [5.74, 6) is -0.267. The van der Waals surface area contributed by atoms with Crippen LogP contribution in [-0.4, -0.2) is 15.9 Å². The maximum absolute atomic E-state index is 12.6. The highest BCUT2D eigenvalue weighted by molar-refractivity contribution is 6.07. The highest BCUT2D eigenvalue weighted by atomic mass is 16.1. The molecule has 0 saturated heterocycles. The van der Waals surface area contributed by atoms with Gasteiger partial charge in [-0.2, -0.15) is 0 Å². The van der Waals surface area contributed by atoms with Crippen molar-refractivity contribution in [2.75, 3.05) is 10.6 Å². The lowest BCUT2D eigenvalue weighted by Crippen LogP contribution is -2.14. The molecule has 2 aromatic heterocycles. The van der Waals surface area contributed by atoms with Crippen molar-refractivity contribution >= 4 is 33.9 Å². The first-order chi connectivity index (χ1) is 13.7. The molecule has 0 aliphatic heterocycles. The highest BCUT2D eigenvalue weighted by Gasteiger charge is 2.10. The number of fused-ring (bicyclic) bond motifs is 1. The summed E-state index contributed by atoms with van der Waals surface area (Å²) in [5.41, 5.74) is 4.87. The number of hydrogen-bond acceptors (Lipinski definition) is 4. The summed E-state index contributed by atoms with van der Waals surface area (Å²) >= 11 is 0. The van der Waals surface area contributed by atoms with E-state index in [2.05, 4.69) is 39.7 Å². The summed E-state index contributed by atoms with van der Waals surface area (Å²) in [6.07, 6.45) is 4.38. The van der Waals surface area contributed by atoms with Crippen molar-refractivity contribution in [3.05, 3.63) is 90.4 Å². The number of carbonyl (C=O) groups is 1. The minimum absolute atomic E-state index is 0.267. The Balaban J connectivity index is 1.47. The molecule has 0 bridgehead atoms. The number of aromatic nitrogens is 2. The molecule has 0 aliphatic rings. The maximum atomic E-state index is 12.6. The molecule has 28 heavy (non-hydrogen) atoms. The molecule has 5 heteroatoms. The van der Waals surface area contributed by atoms with Crippen LogP contribution in [-0.2, 0) is 6.42 Å². The Morgan fingerprint density at radius 3 is 2.43 bits per heavy atom. The van der Waals surface area contributed by atoms with Gasteiger partial charge in [-0.05, 0) is 48.4 Å². The summed E-state index contributed by atoms with van der Waals surface area (Å²) in [4.78, 5) is 21.2. The quantitative estimate of drug-likeness (QED) is 0.509. The second-order valence-corrected chi connectivity index (χ2v) is 6.44. The third-order valence-corrected chi connectivity index (χ3v) is 4.53. The number of aryl methyl sites for hydroxylation is 1. The molecule has 0 unspecified atom stereocenters. The highest BCUT2D eigenvalue weighted by Crippen LogP contribution is 2.21. The smallest absolute Gasteiger partial charge is 0.274 e. The van der Waals surface area contributed by atoms with Crippen molar-refractivity contribution in [1.82, 2.24) is 9.97 Å². The van der Waals surface area contributed by atoms with Gasteiger partial charge in [-0.25, -0.2) is 4.98 Å². The van der Waals surface area contributed by atoms with E-state index in [1.807, 2.05) is 48.5 Å². The van der Waals surface area contributed by atoms with Gasteiger partial charge in [0, 0.05) is 17.3 Å². The number of hydrogen-bond donors (Lipinski definition) is 2. The van der Waals surface area contributed by atoms with E-state index in [1.165, 1.54) is 5.56 Å². The molecular weight excluding hydrogens is 348 g/mol. The summed E-state index contributed by atoms with van der Waals surface area (Å²) in [6, 6.07) is 21.3. The predicted octanol–water partition coefficient (Wildman–Crippen LogP) is 5.19. The van der Waals surface area contributed by atoms with E-state index >= 15 is 0 Å². The summed E-state index contributed by atoms with van der Waals surface area (Å²) in [5, 5.41) is 7.16. The van der Waals surface area contributed by atoms with Crippen molar-refractivity contribution in [1.29, 1.82) is 0 Å². The molecule has 2 N–H and O–H groups in total. The Morgan fingerprint density at radius 2 is 1.68 bits per heavy atom. The van der Waals surface area contributed by atoms with Crippen LogP contribution < -0.4 is 10.6 Å². The second-order valence-electron chi connectivity index (χ2n) is 6.44. The minimum atomic E-state index is -0.267. The zero-order chi connectivity index (χ0) is 19.3. The number of nitrogens with one attached hydrogen (secondary N) is 2. The lowest BCUT2D eigenvalue weighted by molar-refractivity contribution is 0.102. The van der Waals surface area contributed by atoms with Crippen molar-refractivity contribution in [3.63, 3.8) is 0 Å². The Bertz CT molecular complexity index is 1100. The van der Waals surface area contributed by atoms with Gasteiger partial charge in [0.15, 0.2) is 0 Å². The molecule has 4 aromatic rings. The number of rotatable bonds is 5. The van der Waals surface area contributed by atoms with Gasteiger partial charge in [0.05, 0.1) is 23.1 Å². The van der Waals surface area contributed by atoms with Crippen LogP contribution in [0.25, 0.3) is 10.9 Å². The second kappa shape index (κ2) is 7.88. The number of pyridine rings is 2. The van der Waals surface area contributed by atoms with E-state index in [4.69, 9.17) is 0 Å². The average Bonchev–Trinajstić information content (AvgIpc) is 2.75. The van der Waals surface area contributed by atoms with E-state index < -0.39 is 0 Å². The van der Waals surface area contributed by atoms with Gasteiger partial charge in [0.25, 0.3) is 5.91 Å². The van der Waals surface area contributed by atoms with Gasteiger partial charge in [-0.1, -0.05) is 37.3 Å². The molecule has 0 radical (unpaired) electrons. The van der Waals surface area contributed by atoms with Crippen molar-refractivity contribution in [2.24, 2.45) is 0 Å². The Labute approximate surface area is 163 Å². The first-order valence-electron chi connectivity index (χ1n) is 9.20. The van der Waals surface area contributed by atoms with Crippen LogP contribution in [0.3, 0.4) is 0 Å². The van der Waals surface area contributed by atoms with Crippen LogP contribution in [0.5, 0.6) is 0 Å². The molecule has 2 aromatic carbocycles. The molecule has 0 aliphatic carbocycles. The van der Waals surface area contributed by atoms with Gasteiger partial charge < -0.3 is 10.6 Å². The number of para-hydroxylation sites is 1. The molecule has 1 amide bonds. The predicted molar refractivity (Wildman–Crippen MR) is 113 cm³/mol. The normalized spacial score (nSPS) is 10.6. The van der Waals surface area contributed by atoms with Crippen LogP contribution in [0.15, 0.2) is 79.1 Å². The first kappa shape index (κ1) is 17.7. The maximum Gasteiger partial charge on any atom is 0.274 e. The number of amides is 1. The van der Waals surface area contributed by atoms with Gasteiger partial charge in [-0.3, -0.25) is 9.78 Å². The fraction of sp³-hybridized carbons (Fsp3) is 0.0870. The molecule has 4 rings (SSSR count). The Kier molecular flexibility index (Phi) is 4.97. The van der Waals surface area contributed by atoms with Crippen LogP contribution >= 0.6 is 0 Å². The first-order valence-corrected chi connectivity index (χ1v) is 9.20. The molecule has 0 spiro atoms. The molecule has 0 saturated carbocycles. The molecule has 0 fully saturated rings. The number of benzene rings is 2. The third kappa shape index (κ3) is 3.83. The fourth-order valence-electron chi connectivity index (χ4n) is 2.98.